The van der Waals surface area contributed by atoms with Gasteiger partial charge in [-0.2, -0.15) is 0 Å². The van der Waals surface area contributed by atoms with Crippen molar-refractivity contribution < 1.29 is 9.90 Å². The highest BCUT2D eigenvalue weighted by molar-refractivity contribution is 7.18. The van der Waals surface area contributed by atoms with Crippen molar-refractivity contribution in [3.8, 4) is 0 Å². The van der Waals surface area contributed by atoms with E-state index in [4.69, 9.17) is 0 Å². The number of carbonyl (C=O) groups is 1. The molecule has 1 aliphatic carbocycles. The standard InChI is InChI=1S/C13H13NO2S/c15-10(13(16)8-5-6-8)7-12-14-9-3-1-2-4-11(9)17-12/h1-4,8,13,16H,5-7H2. The van der Waals surface area contributed by atoms with Crippen LogP contribution in [0.5, 0.6) is 0 Å². The van der Waals surface area contributed by atoms with Gasteiger partial charge in [-0.3, -0.25) is 4.79 Å². The molecule has 1 atom stereocenters. The van der Waals surface area contributed by atoms with Crippen LogP contribution in [0.25, 0.3) is 10.2 Å². The molecular formula is C13H13NO2S. The van der Waals surface area contributed by atoms with Crippen LogP contribution in [-0.2, 0) is 11.2 Å². The van der Waals surface area contributed by atoms with Crippen molar-refractivity contribution in [1.82, 2.24) is 4.98 Å². The second-order valence-electron chi connectivity index (χ2n) is 4.50. The molecule has 17 heavy (non-hydrogen) atoms. The zero-order valence-corrected chi connectivity index (χ0v) is 10.1. The van der Waals surface area contributed by atoms with Gasteiger partial charge in [0.25, 0.3) is 0 Å². The summed E-state index contributed by atoms with van der Waals surface area (Å²) in [6.45, 7) is 0. The summed E-state index contributed by atoms with van der Waals surface area (Å²) in [5.74, 6) is 0.114. The van der Waals surface area contributed by atoms with Crippen LogP contribution in [-0.4, -0.2) is 22.0 Å². The summed E-state index contributed by atoms with van der Waals surface area (Å²) < 4.78 is 1.09. The number of aromatic nitrogens is 1. The van der Waals surface area contributed by atoms with E-state index in [0.717, 1.165) is 28.1 Å². The number of fused-ring (bicyclic) bond motifs is 1. The van der Waals surface area contributed by atoms with Crippen molar-refractivity contribution in [3.05, 3.63) is 29.3 Å². The van der Waals surface area contributed by atoms with Gasteiger partial charge in [-0.25, -0.2) is 4.98 Å². The van der Waals surface area contributed by atoms with Gasteiger partial charge >= 0.3 is 0 Å². The molecule has 0 radical (unpaired) electrons. The maximum Gasteiger partial charge on any atom is 0.168 e. The molecule has 3 rings (SSSR count). The Kier molecular flexibility index (Phi) is 2.68. The van der Waals surface area contributed by atoms with Crippen LogP contribution in [0.2, 0.25) is 0 Å². The molecule has 0 spiro atoms. The second-order valence-corrected chi connectivity index (χ2v) is 5.62. The Morgan fingerprint density at radius 2 is 2.24 bits per heavy atom. The summed E-state index contributed by atoms with van der Waals surface area (Å²) in [5.41, 5.74) is 0.932. The fraction of sp³-hybridized carbons (Fsp3) is 0.385. The normalized spacial score (nSPS) is 17.2. The van der Waals surface area contributed by atoms with Crippen LogP contribution in [0.3, 0.4) is 0 Å². The largest absolute Gasteiger partial charge is 0.385 e. The molecule has 4 heteroatoms. The Hall–Kier alpha value is -1.26. The molecule has 0 aliphatic heterocycles. The number of benzene rings is 1. The number of ketones is 1. The highest BCUT2D eigenvalue weighted by Crippen LogP contribution is 2.33. The molecule has 1 saturated carbocycles. The lowest BCUT2D eigenvalue weighted by Gasteiger charge is -2.05. The van der Waals surface area contributed by atoms with E-state index in [1.807, 2.05) is 24.3 Å². The molecule has 1 unspecified atom stereocenters. The van der Waals surface area contributed by atoms with Gasteiger partial charge < -0.3 is 5.11 Å². The highest BCUT2D eigenvalue weighted by Gasteiger charge is 2.34. The number of Topliss-reactive ketones (excluding diaryl/α,β-unsaturated/α-hetero) is 1. The number of carbonyl (C=O) groups excluding carboxylic acids is 1. The molecule has 1 aromatic carbocycles. The van der Waals surface area contributed by atoms with E-state index in [1.54, 1.807) is 0 Å². The van der Waals surface area contributed by atoms with Crippen molar-refractivity contribution in [2.75, 3.05) is 0 Å². The molecular weight excluding hydrogens is 234 g/mol. The lowest BCUT2D eigenvalue weighted by molar-refractivity contribution is -0.127. The van der Waals surface area contributed by atoms with Crippen LogP contribution < -0.4 is 0 Å². The number of hydrogen-bond donors (Lipinski definition) is 1. The van der Waals surface area contributed by atoms with E-state index < -0.39 is 6.10 Å². The van der Waals surface area contributed by atoms with Gasteiger partial charge in [0.05, 0.1) is 16.6 Å². The molecule has 0 bridgehead atoms. The molecule has 0 amide bonds. The minimum absolute atomic E-state index is 0.0912. The third kappa shape index (κ3) is 2.23. The second kappa shape index (κ2) is 4.20. The average Bonchev–Trinajstić information content (AvgIpc) is 3.08. The van der Waals surface area contributed by atoms with Crippen molar-refractivity contribution in [1.29, 1.82) is 0 Å². The van der Waals surface area contributed by atoms with Crippen LogP contribution in [0.15, 0.2) is 24.3 Å². The minimum Gasteiger partial charge on any atom is -0.385 e. The Morgan fingerprint density at radius 1 is 1.47 bits per heavy atom. The maximum absolute atomic E-state index is 11.8. The first-order valence-electron chi connectivity index (χ1n) is 5.79. The van der Waals surface area contributed by atoms with Crippen LogP contribution in [0.4, 0.5) is 0 Å². The van der Waals surface area contributed by atoms with E-state index in [0.29, 0.717) is 0 Å². The van der Waals surface area contributed by atoms with Gasteiger partial charge in [0.15, 0.2) is 5.78 Å². The summed E-state index contributed by atoms with van der Waals surface area (Å²) in [6.07, 6.45) is 1.44. The summed E-state index contributed by atoms with van der Waals surface area (Å²) in [7, 11) is 0. The van der Waals surface area contributed by atoms with Crippen molar-refractivity contribution in [2.45, 2.75) is 25.4 Å². The summed E-state index contributed by atoms with van der Waals surface area (Å²) >= 11 is 1.53. The molecule has 3 nitrogen and oxygen atoms in total. The van der Waals surface area contributed by atoms with Crippen molar-refractivity contribution >= 4 is 27.3 Å². The van der Waals surface area contributed by atoms with Gasteiger partial charge in [-0.15, -0.1) is 11.3 Å². The number of nitrogens with zero attached hydrogens (tertiary/aromatic N) is 1. The van der Waals surface area contributed by atoms with Gasteiger partial charge in [-0.05, 0) is 30.9 Å². The minimum atomic E-state index is -0.776. The molecule has 1 aliphatic rings. The maximum atomic E-state index is 11.8. The van der Waals surface area contributed by atoms with E-state index in [9.17, 15) is 9.90 Å². The number of rotatable bonds is 4. The number of hydrogen-bond acceptors (Lipinski definition) is 4. The van der Waals surface area contributed by atoms with Gasteiger partial charge in [-0.1, -0.05) is 12.1 Å². The zero-order chi connectivity index (χ0) is 11.8. The molecule has 0 saturated heterocycles. The predicted molar refractivity (Wildman–Crippen MR) is 67.1 cm³/mol. The Balaban J connectivity index is 1.77. The number of para-hydroxylation sites is 1. The lowest BCUT2D eigenvalue weighted by atomic mass is 10.1. The number of thiazole rings is 1. The smallest absolute Gasteiger partial charge is 0.168 e. The molecule has 2 aromatic rings. The monoisotopic (exact) mass is 247 g/mol. The van der Waals surface area contributed by atoms with Crippen LogP contribution in [0, 0.1) is 5.92 Å². The fourth-order valence-corrected chi connectivity index (χ4v) is 2.90. The highest BCUT2D eigenvalue weighted by atomic mass is 32.1. The number of aliphatic hydroxyl groups is 1. The first kappa shape index (κ1) is 10.9. The van der Waals surface area contributed by atoms with E-state index >= 15 is 0 Å². The predicted octanol–water partition coefficient (Wildman–Crippen LogP) is 2.18. The van der Waals surface area contributed by atoms with E-state index in [2.05, 4.69) is 4.98 Å². The third-order valence-corrected chi connectivity index (χ3v) is 4.10. The average molecular weight is 247 g/mol. The van der Waals surface area contributed by atoms with Crippen LogP contribution >= 0.6 is 11.3 Å². The molecule has 1 heterocycles. The first-order chi connectivity index (χ1) is 8.24. The van der Waals surface area contributed by atoms with Gasteiger partial charge in [0.1, 0.15) is 11.1 Å². The lowest BCUT2D eigenvalue weighted by Crippen LogP contribution is -2.24. The molecule has 88 valence electrons. The van der Waals surface area contributed by atoms with Crippen molar-refractivity contribution in [3.63, 3.8) is 0 Å². The molecule has 1 N–H and O–H groups in total. The summed E-state index contributed by atoms with van der Waals surface area (Å²) in [5, 5.41) is 10.5. The Bertz CT molecular complexity index is 526. The first-order valence-corrected chi connectivity index (χ1v) is 6.61. The quantitative estimate of drug-likeness (QED) is 0.901. The van der Waals surface area contributed by atoms with Gasteiger partial charge in [0, 0.05) is 0 Å². The SMILES string of the molecule is O=C(Cc1nc2ccccc2s1)C(O)C1CC1. The zero-order valence-electron chi connectivity index (χ0n) is 9.30. The molecule has 1 aromatic heterocycles. The van der Waals surface area contributed by atoms with Crippen LogP contribution in [0.1, 0.15) is 17.8 Å². The van der Waals surface area contributed by atoms with E-state index in [1.165, 1.54) is 11.3 Å². The topological polar surface area (TPSA) is 50.2 Å². The van der Waals surface area contributed by atoms with E-state index in [-0.39, 0.29) is 18.1 Å². The third-order valence-electron chi connectivity index (χ3n) is 3.06. The molecule has 1 fully saturated rings. The summed E-state index contributed by atoms with van der Waals surface area (Å²) in [4.78, 5) is 16.2. The summed E-state index contributed by atoms with van der Waals surface area (Å²) in [6, 6.07) is 7.84. The Morgan fingerprint density at radius 3 is 2.94 bits per heavy atom. The fourth-order valence-electron chi connectivity index (χ4n) is 1.92. The van der Waals surface area contributed by atoms with Gasteiger partial charge in [0.2, 0.25) is 0 Å². The number of aliphatic hydroxyl groups excluding tert-OH is 1. The Labute approximate surface area is 103 Å². The van der Waals surface area contributed by atoms with Crippen molar-refractivity contribution in [2.24, 2.45) is 5.92 Å².